The van der Waals surface area contributed by atoms with E-state index in [0.29, 0.717) is 5.75 Å². The fraction of sp³-hybridized carbons (Fsp3) is 1.00. The Hall–Kier alpha value is 0.300. The zero-order valence-electron chi connectivity index (χ0n) is 14.9. The first-order valence-electron chi connectivity index (χ1n) is 8.54. The number of hydrogen-bond acceptors (Lipinski definition) is 12. The molecular formula is C15H30O10S2. The van der Waals surface area contributed by atoms with Crippen LogP contribution in [0.1, 0.15) is 6.92 Å². The lowest BCUT2D eigenvalue weighted by atomic mass is 10.00. The summed E-state index contributed by atoms with van der Waals surface area (Å²) in [4.78, 5) is 0. The molecule has 9 atom stereocenters. The molecule has 0 saturated carbocycles. The normalized spacial score (nSPS) is 33.4. The lowest BCUT2D eigenvalue weighted by Crippen LogP contribution is -2.59. The van der Waals surface area contributed by atoms with Crippen molar-refractivity contribution in [1.82, 2.24) is 0 Å². The molecule has 1 aliphatic heterocycles. The monoisotopic (exact) mass is 434 g/mol. The Kier molecular flexibility index (Phi) is 12.0. The Labute approximate surface area is 168 Å². The largest absolute Gasteiger partial charge is 0.394 e. The number of ether oxygens (including phenoxy) is 4. The van der Waals surface area contributed by atoms with Gasteiger partial charge in [0.25, 0.3) is 0 Å². The van der Waals surface area contributed by atoms with Crippen LogP contribution in [0.25, 0.3) is 0 Å². The summed E-state index contributed by atoms with van der Waals surface area (Å²) in [5.41, 5.74) is 0. The fourth-order valence-electron chi connectivity index (χ4n) is 2.45. The van der Waals surface area contributed by atoms with E-state index < -0.39 is 68.5 Å². The Balaban J connectivity index is 2.74. The van der Waals surface area contributed by atoms with E-state index in [9.17, 15) is 25.5 Å². The molecular weight excluding hydrogens is 404 g/mol. The molecule has 1 fully saturated rings. The third-order valence-electron chi connectivity index (χ3n) is 4.08. The highest BCUT2D eigenvalue weighted by Gasteiger charge is 2.45. The molecule has 12 heteroatoms. The SMILES string of the molecule is C[C@H](O[C@@H]1OC(CS)[C@H](O)C(O)[C@@H]1O)C(CO)O[C@@H](OCCS)[C@@H](O)CO. The molecule has 0 spiro atoms. The van der Waals surface area contributed by atoms with Crippen molar-refractivity contribution in [2.45, 2.75) is 62.2 Å². The van der Waals surface area contributed by atoms with Gasteiger partial charge in [0.2, 0.25) is 0 Å². The highest BCUT2D eigenvalue weighted by atomic mass is 32.1. The Morgan fingerprint density at radius 1 is 1.04 bits per heavy atom. The van der Waals surface area contributed by atoms with Gasteiger partial charge in [-0.1, -0.05) is 0 Å². The molecule has 3 unspecified atom stereocenters. The Morgan fingerprint density at radius 3 is 2.22 bits per heavy atom. The van der Waals surface area contributed by atoms with Gasteiger partial charge in [-0.05, 0) is 6.92 Å². The number of aliphatic hydroxyl groups excluding tert-OH is 6. The van der Waals surface area contributed by atoms with Crippen molar-refractivity contribution in [2.75, 3.05) is 31.3 Å². The molecule has 0 aliphatic carbocycles. The van der Waals surface area contributed by atoms with Crippen LogP contribution < -0.4 is 0 Å². The molecule has 1 heterocycles. The van der Waals surface area contributed by atoms with Crippen LogP contribution in [0, 0.1) is 0 Å². The average Bonchev–Trinajstić information content (AvgIpc) is 2.67. The van der Waals surface area contributed by atoms with E-state index in [1.54, 1.807) is 0 Å². The minimum absolute atomic E-state index is 0.0848. The molecule has 0 aromatic rings. The molecule has 6 N–H and O–H groups in total. The fourth-order valence-corrected chi connectivity index (χ4v) is 2.86. The predicted molar refractivity (Wildman–Crippen MR) is 99.7 cm³/mol. The van der Waals surface area contributed by atoms with Crippen LogP contribution >= 0.6 is 25.3 Å². The van der Waals surface area contributed by atoms with E-state index in [-0.39, 0.29) is 12.4 Å². The third-order valence-corrected chi connectivity index (χ3v) is 4.63. The minimum atomic E-state index is -1.53. The van der Waals surface area contributed by atoms with Gasteiger partial charge in [0, 0.05) is 11.5 Å². The Morgan fingerprint density at radius 2 is 1.70 bits per heavy atom. The van der Waals surface area contributed by atoms with E-state index in [1.165, 1.54) is 6.92 Å². The third kappa shape index (κ3) is 7.24. The predicted octanol–water partition coefficient (Wildman–Crippen LogP) is -2.87. The van der Waals surface area contributed by atoms with Crippen molar-refractivity contribution < 1.29 is 49.6 Å². The second kappa shape index (κ2) is 12.8. The molecule has 1 rings (SSSR count). The van der Waals surface area contributed by atoms with E-state index >= 15 is 0 Å². The molecule has 1 aliphatic rings. The van der Waals surface area contributed by atoms with Crippen molar-refractivity contribution >= 4 is 25.3 Å². The zero-order chi connectivity index (χ0) is 20.6. The van der Waals surface area contributed by atoms with Crippen LogP contribution in [-0.2, 0) is 18.9 Å². The second-order valence-electron chi connectivity index (χ2n) is 6.11. The topological polar surface area (TPSA) is 158 Å². The molecule has 0 aromatic carbocycles. The van der Waals surface area contributed by atoms with Gasteiger partial charge in [-0.3, -0.25) is 0 Å². The number of thiol groups is 2. The lowest BCUT2D eigenvalue weighted by Gasteiger charge is -2.41. The summed E-state index contributed by atoms with van der Waals surface area (Å²) in [6.45, 7) is 0.508. The van der Waals surface area contributed by atoms with Crippen LogP contribution in [0.2, 0.25) is 0 Å². The maximum Gasteiger partial charge on any atom is 0.187 e. The van der Waals surface area contributed by atoms with Crippen LogP contribution in [0.5, 0.6) is 0 Å². The van der Waals surface area contributed by atoms with Gasteiger partial charge >= 0.3 is 0 Å². The van der Waals surface area contributed by atoms with E-state index in [2.05, 4.69) is 25.3 Å². The average molecular weight is 435 g/mol. The van der Waals surface area contributed by atoms with Crippen molar-refractivity contribution in [2.24, 2.45) is 0 Å². The highest BCUT2D eigenvalue weighted by molar-refractivity contribution is 7.80. The molecule has 1 saturated heterocycles. The van der Waals surface area contributed by atoms with Crippen molar-refractivity contribution in [3.63, 3.8) is 0 Å². The molecule has 0 bridgehead atoms. The quantitative estimate of drug-likeness (QED) is 0.119. The van der Waals surface area contributed by atoms with Gasteiger partial charge in [0.15, 0.2) is 12.6 Å². The molecule has 27 heavy (non-hydrogen) atoms. The lowest BCUT2D eigenvalue weighted by molar-refractivity contribution is -0.318. The highest BCUT2D eigenvalue weighted by Crippen LogP contribution is 2.25. The summed E-state index contributed by atoms with van der Waals surface area (Å²) >= 11 is 8.01. The van der Waals surface area contributed by atoms with Crippen LogP contribution in [0.15, 0.2) is 0 Å². The molecule has 10 nitrogen and oxygen atoms in total. The van der Waals surface area contributed by atoms with Gasteiger partial charge < -0.3 is 49.6 Å². The minimum Gasteiger partial charge on any atom is -0.394 e. The van der Waals surface area contributed by atoms with Gasteiger partial charge in [-0.2, -0.15) is 25.3 Å². The first-order chi connectivity index (χ1) is 12.8. The van der Waals surface area contributed by atoms with Gasteiger partial charge in [-0.25, -0.2) is 0 Å². The molecule has 0 aromatic heterocycles. The first kappa shape index (κ1) is 25.3. The van der Waals surface area contributed by atoms with Gasteiger partial charge in [0.1, 0.15) is 30.5 Å². The van der Waals surface area contributed by atoms with E-state index in [0.717, 1.165) is 0 Å². The second-order valence-corrected chi connectivity index (χ2v) is 6.92. The van der Waals surface area contributed by atoms with E-state index in [4.69, 9.17) is 24.1 Å². The summed E-state index contributed by atoms with van der Waals surface area (Å²) in [7, 11) is 0. The van der Waals surface area contributed by atoms with E-state index in [1.807, 2.05) is 0 Å². The standard InChI is InChI=1S/C15H30O10S2/c1-7(9(5-17)24-14(8(18)4-16)22-2-3-26)23-15-13(21)12(20)11(19)10(6-27)25-15/h7-21,26-27H,2-6H2,1H3/t7-,8-,9?,10?,11-,12?,13-,14+,15+/m0/s1. The first-order valence-corrected chi connectivity index (χ1v) is 9.80. The van der Waals surface area contributed by atoms with Crippen LogP contribution in [-0.4, -0.2) is 117 Å². The summed E-state index contributed by atoms with van der Waals surface area (Å²) in [6.07, 6.45) is -11.0. The number of aliphatic hydroxyl groups is 6. The zero-order valence-corrected chi connectivity index (χ0v) is 16.7. The van der Waals surface area contributed by atoms with Gasteiger partial charge in [-0.15, -0.1) is 0 Å². The molecule has 0 amide bonds. The van der Waals surface area contributed by atoms with Crippen LogP contribution in [0.4, 0.5) is 0 Å². The summed E-state index contributed by atoms with van der Waals surface area (Å²) in [6, 6.07) is 0. The Bertz CT molecular complexity index is 405. The van der Waals surface area contributed by atoms with Crippen molar-refractivity contribution in [3.8, 4) is 0 Å². The summed E-state index contributed by atoms with van der Waals surface area (Å²) in [5, 5.41) is 58.3. The van der Waals surface area contributed by atoms with Crippen molar-refractivity contribution in [1.29, 1.82) is 0 Å². The molecule has 0 radical (unpaired) electrons. The van der Waals surface area contributed by atoms with Crippen LogP contribution in [0.3, 0.4) is 0 Å². The summed E-state index contributed by atoms with van der Waals surface area (Å²) < 4.78 is 21.7. The molecule has 162 valence electrons. The van der Waals surface area contributed by atoms with Crippen molar-refractivity contribution in [3.05, 3.63) is 0 Å². The number of rotatable bonds is 12. The smallest absolute Gasteiger partial charge is 0.187 e. The maximum atomic E-state index is 10.1. The maximum absolute atomic E-state index is 10.1. The number of hydrogen-bond donors (Lipinski definition) is 8. The van der Waals surface area contributed by atoms with Gasteiger partial charge in [0.05, 0.1) is 32.0 Å². The summed E-state index contributed by atoms with van der Waals surface area (Å²) in [5.74, 6) is 0.433.